The van der Waals surface area contributed by atoms with Gasteiger partial charge in [-0.3, -0.25) is 4.98 Å². The first kappa shape index (κ1) is 13.3. The van der Waals surface area contributed by atoms with E-state index in [0.29, 0.717) is 0 Å². The highest BCUT2D eigenvalue weighted by atomic mass is 14.6. The van der Waals surface area contributed by atoms with E-state index >= 15 is 0 Å². The fourth-order valence-electron chi connectivity index (χ4n) is 3.86. The Balaban J connectivity index is 2.10. The minimum absolute atomic E-state index is 0.0244. The van der Waals surface area contributed by atoms with Crippen molar-refractivity contribution in [2.75, 3.05) is 0 Å². The molecule has 0 saturated carbocycles. The van der Waals surface area contributed by atoms with Gasteiger partial charge in [0.1, 0.15) is 0 Å². The summed E-state index contributed by atoms with van der Waals surface area (Å²) < 4.78 is 0. The van der Waals surface area contributed by atoms with E-state index in [1.54, 1.807) is 0 Å². The van der Waals surface area contributed by atoms with Crippen molar-refractivity contribution in [3.8, 4) is 22.3 Å². The monoisotopic (exact) mass is 285 g/mol. The van der Waals surface area contributed by atoms with Crippen molar-refractivity contribution in [1.82, 2.24) is 4.98 Å². The fourth-order valence-corrected chi connectivity index (χ4v) is 3.86. The molecule has 0 amide bonds. The number of hydrogen-bond donors (Lipinski definition) is 0. The molecule has 108 valence electrons. The Labute approximate surface area is 131 Å². The second-order valence-electron chi connectivity index (χ2n) is 6.59. The van der Waals surface area contributed by atoms with Gasteiger partial charge in [-0.05, 0) is 58.0 Å². The van der Waals surface area contributed by atoms with Crippen molar-refractivity contribution in [1.29, 1.82) is 0 Å². The molecule has 1 aliphatic carbocycles. The average Bonchev–Trinajstić information content (AvgIpc) is 2.79. The Morgan fingerprint density at radius 1 is 0.818 bits per heavy atom. The molecule has 1 heterocycles. The van der Waals surface area contributed by atoms with Gasteiger partial charge in [-0.25, -0.2) is 0 Å². The van der Waals surface area contributed by atoms with Gasteiger partial charge in [-0.15, -0.1) is 0 Å². The van der Waals surface area contributed by atoms with Gasteiger partial charge in [0.25, 0.3) is 0 Å². The van der Waals surface area contributed by atoms with Crippen molar-refractivity contribution >= 4 is 0 Å². The normalized spacial score (nSPS) is 14.5. The minimum Gasteiger partial charge on any atom is -0.265 e. The lowest BCUT2D eigenvalue weighted by atomic mass is 9.78. The van der Waals surface area contributed by atoms with Crippen LogP contribution in [0.4, 0.5) is 0 Å². The molecule has 0 N–H and O–H groups in total. The molecule has 0 atom stereocenters. The molecule has 2 aromatic carbocycles. The number of nitrogens with zero attached hydrogens (tertiary/aromatic N) is 1. The van der Waals surface area contributed by atoms with E-state index < -0.39 is 0 Å². The predicted molar refractivity (Wildman–Crippen MR) is 92.0 cm³/mol. The minimum atomic E-state index is 0.0244. The lowest BCUT2D eigenvalue weighted by Gasteiger charge is -2.25. The standard InChI is InChI=1S/C21H19N/c1-14-8-9-16(15-10-12-22-13-11-15)20-19(14)17-6-4-5-7-18(17)21(20,2)3/h4-13H,1-3H3. The van der Waals surface area contributed by atoms with Crippen LogP contribution in [-0.4, -0.2) is 4.98 Å². The first-order valence-electron chi connectivity index (χ1n) is 7.75. The van der Waals surface area contributed by atoms with Gasteiger partial charge in [0.05, 0.1) is 0 Å². The predicted octanol–water partition coefficient (Wildman–Crippen LogP) is 5.36. The molecule has 0 bridgehead atoms. The molecule has 3 aromatic rings. The van der Waals surface area contributed by atoms with Gasteiger partial charge < -0.3 is 0 Å². The lowest BCUT2D eigenvalue weighted by molar-refractivity contribution is 0.662. The van der Waals surface area contributed by atoms with Crippen molar-refractivity contribution < 1.29 is 0 Å². The molecular formula is C21H19N. The third kappa shape index (κ3) is 1.69. The van der Waals surface area contributed by atoms with Crippen LogP contribution in [-0.2, 0) is 5.41 Å². The van der Waals surface area contributed by atoms with E-state index in [9.17, 15) is 0 Å². The first-order valence-corrected chi connectivity index (χ1v) is 7.75. The molecule has 1 aliphatic rings. The Morgan fingerprint density at radius 2 is 1.55 bits per heavy atom. The summed E-state index contributed by atoms with van der Waals surface area (Å²) in [7, 11) is 0. The molecule has 0 radical (unpaired) electrons. The molecule has 4 rings (SSSR count). The van der Waals surface area contributed by atoms with Crippen LogP contribution in [0.25, 0.3) is 22.3 Å². The summed E-state index contributed by atoms with van der Waals surface area (Å²) in [6.45, 7) is 6.89. The summed E-state index contributed by atoms with van der Waals surface area (Å²) in [5.74, 6) is 0. The molecular weight excluding hydrogens is 266 g/mol. The van der Waals surface area contributed by atoms with Crippen molar-refractivity contribution in [3.63, 3.8) is 0 Å². The van der Waals surface area contributed by atoms with E-state index in [2.05, 4.69) is 74.3 Å². The van der Waals surface area contributed by atoms with Crippen LogP contribution in [0.3, 0.4) is 0 Å². The molecule has 1 nitrogen and oxygen atoms in total. The Morgan fingerprint density at radius 3 is 2.32 bits per heavy atom. The SMILES string of the molecule is Cc1ccc(-c2ccncc2)c2c1-c1ccccc1C2(C)C. The number of aryl methyl sites for hydroxylation is 1. The molecule has 1 heteroatoms. The van der Waals surface area contributed by atoms with E-state index in [-0.39, 0.29) is 5.41 Å². The van der Waals surface area contributed by atoms with Gasteiger partial charge in [0, 0.05) is 17.8 Å². The number of pyridine rings is 1. The van der Waals surface area contributed by atoms with E-state index in [1.807, 2.05) is 12.4 Å². The van der Waals surface area contributed by atoms with E-state index in [4.69, 9.17) is 0 Å². The van der Waals surface area contributed by atoms with Gasteiger partial charge in [-0.2, -0.15) is 0 Å². The zero-order valence-corrected chi connectivity index (χ0v) is 13.2. The van der Waals surface area contributed by atoms with Crippen molar-refractivity contribution in [2.24, 2.45) is 0 Å². The largest absolute Gasteiger partial charge is 0.265 e. The number of fused-ring (bicyclic) bond motifs is 3. The van der Waals surface area contributed by atoms with Crippen LogP contribution in [0.5, 0.6) is 0 Å². The number of rotatable bonds is 1. The molecule has 1 aromatic heterocycles. The first-order chi connectivity index (χ1) is 10.6. The third-order valence-corrected chi connectivity index (χ3v) is 4.90. The number of benzene rings is 2. The topological polar surface area (TPSA) is 12.9 Å². The van der Waals surface area contributed by atoms with Gasteiger partial charge in [-0.1, -0.05) is 50.2 Å². The summed E-state index contributed by atoms with van der Waals surface area (Å²) in [6, 6.07) is 17.5. The van der Waals surface area contributed by atoms with Gasteiger partial charge in [0.15, 0.2) is 0 Å². The summed E-state index contributed by atoms with van der Waals surface area (Å²) in [4.78, 5) is 4.16. The summed E-state index contributed by atoms with van der Waals surface area (Å²) in [6.07, 6.45) is 3.74. The second kappa shape index (κ2) is 4.54. The average molecular weight is 285 g/mol. The molecule has 0 unspecified atom stereocenters. The van der Waals surface area contributed by atoms with Crippen LogP contribution >= 0.6 is 0 Å². The smallest absolute Gasteiger partial charge is 0.0273 e. The highest BCUT2D eigenvalue weighted by Gasteiger charge is 2.38. The second-order valence-corrected chi connectivity index (χ2v) is 6.59. The van der Waals surface area contributed by atoms with E-state index in [1.165, 1.54) is 38.9 Å². The molecule has 0 spiro atoms. The summed E-state index contributed by atoms with van der Waals surface area (Å²) in [5, 5.41) is 0. The zero-order valence-electron chi connectivity index (χ0n) is 13.2. The highest BCUT2D eigenvalue weighted by Crippen LogP contribution is 2.53. The Hall–Kier alpha value is -2.41. The van der Waals surface area contributed by atoms with Crippen LogP contribution in [0.1, 0.15) is 30.5 Å². The quantitative estimate of drug-likeness (QED) is 0.586. The zero-order chi connectivity index (χ0) is 15.3. The molecule has 0 fully saturated rings. The third-order valence-electron chi connectivity index (χ3n) is 4.90. The highest BCUT2D eigenvalue weighted by molar-refractivity contribution is 5.89. The molecule has 0 aliphatic heterocycles. The Bertz CT molecular complexity index is 860. The number of hydrogen-bond acceptors (Lipinski definition) is 1. The number of aromatic nitrogens is 1. The van der Waals surface area contributed by atoms with Crippen LogP contribution in [0.2, 0.25) is 0 Å². The van der Waals surface area contributed by atoms with Crippen LogP contribution in [0, 0.1) is 6.92 Å². The molecule has 22 heavy (non-hydrogen) atoms. The maximum atomic E-state index is 4.16. The van der Waals surface area contributed by atoms with Gasteiger partial charge >= 0.3 is 0 Å². The van der Waals surface area contributed by atoms with Crippen molar-refractivity contribution in [3.05, 3.63) is 77.6 Å². The lowest BCUT2D eigenvalue weighted by Crippen LogP contribution is -2.16. The van der Waals surface area contributed by atoms with Crippen LogP contribution < -0.4 is 0 Å². The summed E-state index contributed by atoms with van der Waals surface area (Å²) in [5.41, 5.74) is 9.61. The van der Waals surface area contributed by atoms with Crippen LogP contribution in [0.15, 0.2) is 60.9 Å². The van der Waals surface area contributed by atoms with Gasteiger partial charge in [0.2, 0.25) is 0 Å². The fraction of sp³-hybridized carbons (Fsp3) is 0.190. The van der Waals surface area contributed by atoms with E-state index in [0.717, 1.165) is 0 Å². The maximum Gasteiger partial charge on any atom is 0.0273 e. The van der Waals surface area contributed by atoms with Crippen molar-refractivity contribution in [2.45, 2.75) is 26.2 Å². The Kier molecular flexibility index (Phi) is 2.74. The summed E-state index contributed by atoms with van der Waals surface area (Å²) >= 11 is 0. The molecule has 0 saturated heterocycles. The maximum absolute atomic E-state index is 4.16.